The van der Waals surface area contributed by atoms with Gasteiger partial charge in [-0.15, -0.1) is 0 Å². The zero-order valence-corrected chi connectivity index (χ0v) is 13.9. The summed E-state index contributed by atoms with van der Waals surface area (Å²) in [6.45, 7) is 4.83. The van der Waals surface area contributed by atoms with Gasteiger partial charge in [0.2, 0.25) is 5.91 Å². The Morgan fingerprint density at radius 2 is 1.96 bits per heavy atom. The van der Waals surface area contributed by atoms with E-state index in [4.69, 9.17) is 0 Å². The monoisotopic (exact) mass is 330 g/mol. The lowest BCUT2D eigenvalue weighted by Gasteiger charge is -2.24. The largest absolute Gasteiger partial charge is 0.363 e. The molecule has 0 unspecified atom stereocenters. The molecule has 0 aliphatic heterocycles. The molecule has 0 fully saturated rings. The predicted octanol–water partition coefficient (Wildman–Crippen LogP) is 2.48. The van der Waals surface area contributed by atoms with Crippen molar-refractivity contribution in [2.75, 3.05) is 18.4 Å². The molecule has 7 nitrogen and oxygen atoms in total. The first-order valence-corrected chi connectivity index (χ1v) is 7.81. The number of hydrogen-bond acceptors (Lipinski definition) is 4. The quantitative estimate of drug-likeness (QED) is 0.816. The van der Waals surface area contributed by atoms with Crippen LogP contribution < -0.4 is 10.6 Å². The van der Waals surface area contributed by atoms with Gasteiger partial charge in [0.05, 0.1) is 0 Å². The lowest BCUT2D eigenvalue weighted by Crippen LogP contribution is -2.45. The number of carbonyl (C=O) groups is 2. The van der Waals surface area contributed by atoms with Crippen molar-refractivity contribution in [1.82, 2.24) is 15.4 Å². The van der Waals surface area contributed by atoms with Crippen LogP contribution in [0.25, 0.3) is 0 Å². The molecule has 128 valence electrons. The minimum atomic E-state index is -0.320. The summed E-state index contributed by atoms with van der Waals surface area (Å²) in [6.07, 6.45) is 1.37. The summed E-state index contributed by atoms with van der Waals surface area (Å²) in [5, 5.41) is 9.05. The standard InChI is InChI=1S/C17H22N4O3/c1-13(2)11-21(12-16(22)19-15-8-9-24-20-15)17(23)18-10-14-6-4-3-5-7-14/h3-9,13H,10-12H2,1-2H3,(H,18,23)(H,19,20,22). The second kappa shape index (κ2) is 8.71. The molecule has 0 aliphatic rings. The summed E-state index contributed by atoms with van der Waals surface area (Å²) in [6, 6.07) is 10.9. The van der Waals surface area contributed by atoms with Crippen molar-refractivity contribution in [3.05, 3.63) is 48.2 Å². The van der Waals surface area contributed by atoms with E-state index in [9.17, 15) is 9.59 Å². The van der Waals surface area contributed by atoms with Gasteiger partial charge in [0.15, 0.2) is 5.82 Å². The minimum Gasteiger partial charge on any atom is -0.363 e. The van der Waals surface area contributed by atoms with Crippen molar-refractivity contribution in [3.8, 4) is 0 Å². The predicted molar refractivity (Wildman–Crippen MR) is 90.2 cm³/mol. The normalized spacial score (nSPS) is 10.5. The van der Waals surface area contributed by atoms with Gasteiger partial charge in [-0.2, -0.15) is 0 Å². The van der Waals surface area contributed by atoms with E-state index in [-0.39, 0.29) is 24.4 Å². The third kappa shape index (κ3) is 5.75. The highest BCUT2D eigenvalue weighted by Gasteiger charge is 2.18. The van der Waals surface area contributed by atoms with Gasteiger partial charge >= 0.3 is 6.03 Å². The molecule has 0 bridgehead atoms. The van der Waals surface area contributed by atoms with Crippen LogP contribution in [0.5, 0.6) is 0 Å². The molecule has 0 saturated carbocycles. The zero-order chi connectivity index (χ0) is 17.4. The van der Waals surface area contributed by atoms with Crippen LogP contribution in [-0.2, 0) is 11.3 Å². The van der Waals surface area contributed by atoms with Gasteiger partial charge in [0.1, 0.15) is 12.8 Å². The molecule has 2 rings (SSSR count). The highest BCUT2D eigenvalue weighted by molar-refractivity contribution is 5.93. The van der Waals surface area contributed by atoms with Gasteiger partial charge in [-0.25, -0.2) is 4.79 Å². The first kappa shape index (κ1) is 17.5. The fourth-order valence-electron chi connectivity index (χ4n) is 2.18. The van der Waals surface area contributed by atoms with Gasteiger partial charge in [-0.1, -0.05) is 49.3 Å². The highest BCUT2D eigenvalue weighted by Crippen LogP contribution is 2.04. The number of amides is 3. The maximum atomic E-state index is 12.4. The van der Waals surface area contributed by atoms with Crippen molar-refractivity contribution in [2.45, 2.75) is 20.4 Å². The van der Waals surface area contributed by atoms with E-state index in [1.54, 1.807) is 6.07 Å². The summed E-state index contributed by atoms with van der Waals surface area (Å²) in [5.41, 5.74) is 1.00. The van der Waals surface area contributed by atoms with Crippen LogP contribution in [0.4, 0.5) is 10.6 Å². The molecule has 0 aliphatic carbocycles. The van der Waals surface area contributed by atoms with E-state index in [0.29, 0.717) is 18.9 Å². The Balaban J connectivity index is 1.90. The molecular weight excluding hydrogens is 308 g/mol. The summed E-state index contributed by atoms with van der Waals surface area (Å²) in [5.74, 6) is 0.251. The fourth-order valence-corrected chi connectivity index (χ4v) is 2.18. The van der Waals surface area contributed by atoms with E-state index in [1.165, 1.54) is 11.2 Å². The van der Waals surface area contributed by atoms with Crippen LogP contribution in [0.15, 0.2) is 47.2 Å². The first-order chi connectivity index (χ1) is 11.5. The highest BCUT2D eigenvalue weighted by atomic mass is 16.5. The molecule has 0 atom stereocenters. The number of aromatic nitrogens is 1. The summed E-state index contributed by atoms with van der Waals surface area (Å²) >= 11 is 0. The first-order valence-electron chi connectivity index (χ1n) is 7.81. The number of nitrogens with zero attached hydrogens (tertiary/aromatic N) is 2. The molecule has 2 N–H and O–H groups in total. The molecule has 3 amide bonds. The molecule has 1 heterocycles. The number of rotatable bonds is 7. The zero-order valence-electron chi connectivity index (χ0n) is 13.9. The molecular formula is C17H22N4O3. The van der Waals surface area contributed by atoms with E-state index in [1.807, 2.05) is 44.2 Å². The van der Waals surface area contributed by atoms with Gasteiger partial charge in [-0.3, -0.25) is 4.79 Å². The van der Waals surface area contributed by atoms with Crippen molar-refractivity contribution in [2.24, 2.45) is 5.92 Å². The Bertz CT molecular complexity index is 641. The van der Waals surface area contributed by atoms with Gasteiger partial charge < -0.3 is 20.1 Å². The maximum Gasteiger partial charge on any atom is 0.318 e. The Labute approximate surface area is 141 Å². The average Bonchev–Trinajstić information content (AvgIpc) is 3.05. The van der Waals surface area contributed by atoms with Crippen molar-refractivity contribution < 1.29 is 14.1 Å². The second-order valence-corrected chi connectivity index (χ2v) is 5.85. The summed E-state index contributed by atoms with van der Waals surface area (Å²) in [4.78, 5) is 25.9. The third-order valence-electron chi connectivity index (χ3n) is 3.20. The molecule has 0 radical (unpaired) electrons. The van der Waals surface area contributed by atoms with Crippen LogP contribution in [0.1, 0.15) is 19.4 Å². The van der Waals surface area contributed by atoms with Crippen LogP contribution in [0.3, 0.4) is 0 Å². The Morgan fingerprint density at radius 3 is 2.58 bits per heavy atom. The van der Waals surface area contributed by atoms with E-state index in [2.05, 4.69) is 20.3 Å². The maximum absolute atomic E-state index is 12.4. The van der Waals surface area contributed by atoms with Crippen molar-refractivity contribution in [3.63, 3.8) is 0 Å². The lowest BCUT2D eigenvalue weighted by atomic mass is 10.2. The number of nitrogens with one attached hydrogen (secondary N) is 2. The number of carbonyl (C=O) groups excluding carboxylic acids is 2. The van der Waals surface area contributed by atoms with Crippen LogP contribution >= 0.6 is 0 Å². The Hall–Kier alpha value is -2.83. The molecule has 1 aromatic heterocycles. The van der Waals surface area contributed by atoms with Gasteiger partial charge in [-0.05, 0) is 11.5 Å². The minimum absolute atomic E-state index is 0.0499. The topological polar surface area (TPSA) is 87.5 Å². The smallest absolute Gasteiger partial charge is 0.318 e. The summed E-state index contributed by atoms with van der Waals surface area (Å²) in [7, 11) is 0. The SMILES string of the molecule is CC(C)CN(CC(=O)Nc1ccon1)C(=O)NCc1ccccc1. The second-order valence-electron chi connectivity index (χ2n) is 5.85. The number of benzene rings is 1. The average molecular weight is 330 g/mol. The number of urea groups is 1. The Kier molecular flexibility index (Phi) is 6.36. The molecule has 0 saturated heterocycles. The number of anilines is 1. The van der Waals surface area contributed by atoms with Crippen LogP contribution in [0, 0.1) is 5.92 Å². The fraction of sp³-hybridized carbons (Fsp3) is 0.353. The third-order valence-corrected chi connectivity index (χ3v) is 3.20. The molecule has 2 aromatic rings. The molecule has 1 aromatic carbocycles. The van der Waals surface area contributed by atoms with E-state index < -0.39 is 0 Å². The Morgan fingerprint density at radius 1 is 1.21 bits per heavy atom. The van der Waals surface area contributed by atoms with Crippen LogP contribution in [0.2, 0.25) is 0 Å². The van der Waals surface area contributed by atoms with Crippen molar-refractivity contribution >= 4 is 17.8 Å². The van der Waals surface area contributed by atoms with Crippen LogP contribution in [-0.4, -0.2) is 35.1 Å². The molecule has 24 heavy (non-hydrogen) atoms. The molecule has 0 spiro atoms. The van der Waals surface area contributed by atoms with Crippen molar-refractivity contribution in [1.29, 1.82) is 0 Å². The van der Waals surface area contributed by atoms with Gasteiger partial charge in [0.25, 0.3) is 0 Å². The number of hydrogen-bond donors (Lipinski definition) is 2. The van der Waals surface area contributed by atoms with E-state index in [0.717, 1.165) is 5.56 Å². The molecule has 7 heteroatoms. The lowest BCUT2D eigenvalue weighted by molar-refractivity contribution is -0.116. The summed E-state index contributed by atoms with van der Waals surface area (Å²) < 4.78 is 4.66. The van der Waals surface area contributed by atoms with E-state index >= 15 is 0 Å². The van der Waals surface area contributed by atoms with Gasteiger partial charge in [0, 0.05) is 19.2 Å².